The number of sulfone groups is 1. The maximum Gasteiger partial charge on any atom is 0.182 e. The molecule has 0 aliphatic carbocycles. The van der Waals surface area contributed by atoms with E-state index in [1.54, 1.807) is 6.92 Å². The Kier molecular flexibility index (Phi) is 3.91. The molecule has 0 aliphatic heterocycles. The monoisotopic (exact) mass is 245 g/mol. The number of hydrogen-bond acceptors (Lipinski definition) is 3. The van der Waals surface area contributed by atoms with Crippen molar-refractivity contribution in [2.24, 2.45) is 0 Å². The molecule has 0 heterocycles. The zero-order valence-corrected chi connectivity index (χ0v) is 10.2. The van der Waals surface area contributed by atoms with Crippen molar-refractivity contribution in [2.45, 2.75) is 36.8 Å². The fourth-order valence-electron chi connectivity index (χ4n) is 1.56. The summed E-state index contributed by atoms with van der Waals surface area (Å²) >= 11 is 0. The number of halogens is 1. The number of nitrogen functional groups attached to an aromatic ring is 1. The van der Waals surface area contributed by atoms with Gasteiger partial charge in [-0.1, -0.05) is 13.3 Å². The average Bonchev–Trinajstić information content (AvgIpc) is 2.17. The molecule has 0 saturated carbocycles. The molecular weight excluding hydrogens is 229 g/mol. The molecular formula is C11H16FNO2S. The highest BCUT2D eigenvalue weighted by atomic mass is 32.2. The van der Waals surface area contributed by atoms with Gasteiger partial charge < -0.3 is 5.73 Å². The Labute approximate surface area is 95.4 Å². The van der Waals surface area contributed by atoms with Crippen LogP contribution in [-0.2, 0) is 9.84 Å². The molecule has 2 N–H and O–H groups in total. The first-order valence-electron chi connectivity index (χ1n) is 5.18. The van der Waals surface area contributed by atoms with Gasteiger partial charge in [-0.05, 0) is 31.5 Å². The number of rotatable bonds is 4. The molecule has 0 saturated heterocycles. The van der Waals surface area contributed by atoms with E-state index in [-0.39, 0.29) is 10.6 Å². The van der Waals surface area contributed by atoms with Gasteiger partial charge in [0.05, 0.1) is 15.8 Å². The van der Waals surface area contributed by atoms with E-state index in [4.69, 9.17) is 5.73 Å². The SMILES string of the molecule is CCCC(C)S(=O)(=O)c1ccc(F)cc1N. The second kappa shape index (κ2) is 4.82. The number of hydrogen-bond donors (Lipinski definition) is 1. The first kappa shape index (κ1) is 13.0. The van der Waals surface area contributed by atoms with Crippen LogP contribution in [0.25, 0.3) is 0 Å². The first-order chi connectivity index (χ1) is 7.39. The van der Waals surface area contributed by atoms with Crippen molar-refractivity contribution < 1.29 is 12.8 Å². The summed E-state index contributed by atoms with van der Waals surface area (Å²) < 4.78 is 36.9. The second-order valence-corrected chi connectivity index (χ2v) is 6.16. The van der Waals surface area contributed by atoms with Crippen molar-refractivity contribution >= 4 is 15.5 Å². The molecule has 0 spiro atoms. The summed E-state index contributed by atoms with van der Waals surface area (Å²) in [5.41, 5.74) is 5.50. The van der Waals surface area contributed by atoms with Crippen molar-refractivity contribution in [2.75, 3.05) is 5.73 Å². The maximum atomic E-state index is 12.8. The second-order valence-electron chi connectivity index (χ2n) is 3.83. The van der Waals surface area contributed by atoms with Gasteiger partial charge in [0.15, 0.2) is 9.84 Å². The largest absolute Gasteiger partial charge is 0.398 e. The predicted molar refractivity (Wildman–Crippen MR) is 62.4 cm³/mol. The van der Waals surface area contributed by atoms with E-state index < -0.39 is 20.9 Å². The third kappa shape index (κ3) is 2.52. The van der Waals surface area contributed by atoms with E-state index >= 15 is 0 Å². The van der Waals surface area contributed by atoms with Crippen LogP contribution in [0.4, 0.5) is 10.1 Å². The van der Waals surface area contributed by atoms with Gasteiger partial charge in [-0.15, -0.1) is 0 Å². The molecule has 0 bridgehead atoms. The number of nitrogens with two attached hydrogens (primary N) is 1. The normalized spacial score (nSPS) is 13.7. The minimum absolute atomic E-state index is 0.0230. The third-order valence-corrected chi connectivity index (χ3v) is 4.78. The molecule has 1 atom stereocenters. The van der Waals surface area contributed by atoms with E-state index in [9.17, 15) is 12.8 Å². The summed E-state index contributed by atoms with van der Waals surface area (Å²) in [6.07, 6.45) is 1.35. The zero-order valence-electron chi connectivity index (χ0n) is 9.40. The Balaban J connectivity index is 3.17. The summed E-state index contributed by atoms with van der Waals surface area (Å²) in [4.78, 5) is 0.0230. The Bertz CT molecular complexity index is 471. The number of benzene rings is 1. The van der Waals surface area contributed by atoms with Crippen LogP contribution in [0.3, 0.4) is 0 Å². The van der Waals surface area contributed by atoms with Crippen LogP contribution in [-0.4, -0.2) is 13.7 Å². The number of anilines is 1. The Hall–Kier alpha value is -1.10. The van der Waals surface area contributed by atoms with Crippen molar-refractivity contribution in [3.05, 3.63) is 24.0 Å². The van der Waals surface area contributed by atoms with Gasteiger partial charge >= 0.3 is 0 Å². The minimum atomic E-state index is -3.44. The summed E-state index contributed by atoms with van der Waals surface area (Å²) in [6.45, 7) is 3.56. The van der Waals surface area contributed by atoms with Gasteiger partial charge in [-0.3, -0.25) is 0 Å². The lowest BCUT2D eigenvalue weighted by Crippen LogP contribution is -2.19. The minimum Gasteiger partial charge on any atom is -0.398 e. The van der Waals surface area contributed by atoms with Crippen molar-refractivity contribution in [3.63, 3.8) is 0 Å². The highest BCUT2D eigenvalue weighted by molar-refractivity contribution is 7.92. The third-order valence-electron chi connectivity index (χ3n) is 2.50. The summed E-state index contributed by atoms with van der Waals surface area (Å²) in [5, 5.41) is -0.495. The molecule has 0 aliphatic rings. The van der Waals surface area contributed by atoms with Gasteiger partial charge in [0.2, 0.25) is 0 Å². The topological polar surface area (TPSA) is 60.2 Å². The molecule has 1 aromatic rings. The molecule has 1 rings (SSSR count). The van der Waals surface area contributed by atoms with Gasteiger partial charge in [0.25, 0.3) is 0 Å². The predicted octanol–water partition coefficient (Wildman–Crippen LogP) is 2.37. The summed E-state index contributed by atoms with van der Waals surface area (Å²) in [5.74, 6) is -0.528. The van der Waals surface area contributed by atoms with Crippen molar-refractivity contribution in [1.82, 2.24) is 0 Å². The molecule has 0 fully saturated rings. The summed E-state index contributed by atoms with van der Waals surface area (Å²) in [6, 6.07) is 3.37. The lowest BCUT2D eigenvalue weighted by molar-refractivity contribution is 0.575. The Morgan fingerprint density at radius 3 is 2.56 bits per heavy atom. The van der Waals surface area contributed by atoms with Gasteiger partial charge in [0, 0.05) is 0 Å². The van der Waals surface area contributed by atoms with Crippen LogP contribution in [0, 0.1) is 5.82 Å². The first-order valence-corrected chi connectivity index (χ1v) is 6.73. The van der Waals surface area contributed by atoms with Gasteiger partial charge in [-0.2, -0.15) is 0 Å². The van der Waals surface area contributed by atoms with Crippen molar-refractivity contribution in [1.29, 1.82) is 0 Å². The smallest absolute Gasteiger partial charge is 0.182 e. The average molecular weight is 245 g/mol. The van der Waals surface area contributed by atoms with Crippen LogP contribution in [0.1, 0.15) is 26.7 Å². The van der Waals surface area contributed by atoms with Crippen LogP contribution in [0.5, 0.6) is 0 Å². The quantitative estimate of drug-likeness (QED) is 0.654. The van der Waals surface area contributed by atoms with E-state index in [1.165, 1.54) is 6.07 Å². The Morgan fingerprint density at radius 1 is 1.44 bits per heavy atom. The summed E-state index contributed by atoms with van der Waals surface area (Å²) in [7, 11) is -3.44. The highest BCUT2D eigenvalue weighted by Crippen LogP contribution is 2.25. The Morgan fingerprint density at radius 2 is 2.06 bits per heavy atom. The van der Waals surface area contributed by atoms with Crippen LogP contribution < -0.4 is 5.73 Å². The molecule has 0 radical (unpaired) electrons. The molecule has 1 unspecified atom stereocenters. The molecule has 0 aromatic heterocycles. The van der Waals surface area contributed by atoms with E-state index in [0.29, 0.717) is 6.42 Å². The molecule has 90 valence electrons. The van der Waals surface area contributed by atoms with Gasteiger partial charge in [-0.25, -0.2) is 12.8 Å². The van der Waals surface area contributed by atoms with Crippen LogP contribution >= 0.6 is 0 Å². The lowest BCUT2D eigenvalue weighted by Gasteiger charge is -2.13. The molecule has 16 heavy (non-hydrogen) atoms. The molecule has 5 heteroatoms. The van der Waals surface area contributed by atoms with E-state index in [1.807, 2.05) is 6.92 Å². The van der Waals surface area contributed by atoms with Crippen LogP contribution in [0.2, 0.25) is 0 Å². The van der Waals surface area contributed by atoms with E-state index in [2.05, 4.69) is 0 Å². The zero-order chi connectivity index (χ0) is 12.3. The highest BCUT2D eigenvalue weighted by Gasteiger charge is 2.24. The van der Waals surface area contributed by atoms with Crippen molar-refractivity contribution in [3.8, 4) is 0 Å². The molecule has 0 amide bonds. The fraction of sp³-hybridized carbons (Fsp3) is 0.455. The molecule has 3 nitrogen and oxygen atoms in total. The van der Waals surface area contributed by atoms with Crippen LogP contribution in [0.15, 0.2) is 23.1 Å². The fourth-order valence-corrected chi connectivity index (χ4v) is 3.18. The van der Waals surface area contributed by atoms with Gasteiger partial charge in [0.1, 0.15) is 5.82 Å². The maximum absolute atomic E-state index is 12.8. The molecule has 1 aromatic carbocycles. The lowest BCUT2D eigenvalue weighted by atomic mass is 10.3. The standard InChI is InChI=1S/C11H16FNO2S/c1-3-4-8(2)16(14,15)11-6-5-9(12)7-10(11)13/h5-8H,3-4,13H2,1-2H3. The van der Waals surface area contributed by atoms with E-state index in [0.717, 1.165) is 18.6 Å².